The van der Waals surface area contributed by atoms with Crippen LogP contribution in [-0.2, 0) is 0 Å². The minimum absolute atomic E-state index is 0.916. The summed E-state index contributed by atoms with van der Waals surface area (Å²) in [5.41, 5.74) is 12.2. The van der Waals surface area contributed by atoms with Gasteiger partial charge in [0.25, 0.3) is 0 Å². The van der Waals surface area contributed by atoms with Crippen LogP contribution in [0.5, 0.6) is 0 Å². The monoisotopic (exact) mass is 600 g/mol. The zero-order chi connectivity index (χ0) is 30.9. The molecule has 0 aliphatic heterocycles. The highest BCUT2D eigenvalue weighted by Gasteiger charge is 2.20. The molecule has 10 rings (SSSR count). The van der Waals surface area contributed by atoms with Gasteiger partial charge in [-0.2, -0.15) is 0 Å². The van der Waals surface area contributed by atoms with Crippen molar-refractivity contribution in [1.29, 1.82) is 0 Å². The summed E-state index contributed by atoms with van der Waals surface area (Å²) < 4.78 is 11.5. The van der Waals surface area contributed by atoms with E-state index in [0.717, 1.165) is 55.6 Å². The topological polar surface area (TPSA) is 23.0 Å². The van der Waals surface area contributed by atoms with Gasteiger partial charge >= 0.3 is 0 Å². The highest BCUT2D eigenvalue weighted by molar-refractivity contribution is 6.20. The smallest absolute Gasteiger partial charge is 0.143 e. The fourth-order valence-electron chi connectivity index (χ4n) is 7.45. The Morgan fingerprint density at radius 1 is 0.383 bits per heavy atom. The molecule has 0 atom stereocenters. The maximum absolute atomic E-state index is 6.79. The van der Waals surface area contributed by atoms with Crippen molar-refractivity contribution in [3.8, 4) is 33.6 Å². The van der Waals surface area contributed by atoms with E-state index in [2.05, 4.69) is 179 Å². The predicted molar refractivity (Wildman–Crippen MR) is 196 cm³/mol. The lowest BCUT2D eigenvalue weighted by molar-refractivity contribution is 0.671. The van der Waals surface area contributed by atoms with Crippen molar-refractivity contribution >= 4 is 54.6 Å². The van der Waals surface area contributed by atoms with Crippen molar-refractivity contribution in [3.05, 3.63) is 170 Å². The van der Waals surface area contributed by atoms with Gasteiger partial charge in [0.1, 0.15) is 11.2 Å². The van der Waals surface area contributed by atoms with E-state index in [9.17, 15) is 0 Å². The number of furan rings is 1. The summed E-state index contributed by atoms with van der Waals surface area (Å²) in [5, 5.41) is 5.93. The maximum Gasteiger partial charge on any atom is 0.143 e. The van der Waals surface area contributed by atoms with Gasteiger partial charge in [0.2, 0.25) is 0 Å². The van der Waals surface area contributed by atoms with E-state index in [1.54, 1.807) is 0 Å². The molecule has 0 spiro atoms. The summed E-state index contributed by atoms with van der Waals surface area (Å²) in [6.45, 7) is 0. The molecule has 10 aromatic rings. The van der Waals surface area contributed by atoms with Crippen LogP contribution in [0, 0.1) is 0 Å². The average Bonchev–Trinajstić information content (AvgIpc) is 3.84. The Kier molecular flexibility index (Phi) is 5.57. The third kappa shape index (κ3) is 3.87. The lowest BCUT2D eigenvalue weighted by Gasteiger charge is -2.10. The zero-order valence-electron chi connectivity index (χ0n) is 25.5. The fraction of sp³-hybridized carbons (Fsp3) is 0. The van der Waals surface area contributed by atoms with Gasteiger partial charge in [-0.3, -0.25) is 0 Å². The molecule has 3 aromatic heterocycles. The number of para-hydroxylation sites is 4. The highest BCUT2D eigenvalue weighted by atomic mass is 16.3. The molecule has 0 aliphatic carbocycles. The van der Waals surface area contributed by atoms with Crippen molar-refractivity contribution in [3.63, 3.8) is 0 Å². The Bertz CT molecular complexity index is 2770. The van der Waals surface area contributed by atoms with Crippen molar-refractivity contribution in [2.24, 2.45) is 0 Å². The minimum Gasteiger partial charge on any atom is -0.455 e. The second-order valence-corrected chi connectivity index (χ2v) is 12.2. The number of hydrogen-bond donors (Lipinski definition) is 0. The van der Waals surface area contributed by atoms with Crippen LogP contribution < -0.4 is 0 Å². The number of rotatable bonds is 4. The maximum atomic E-state index is 6.79. The molecule has 0 fully saturated rings. The lowest BCUT2D eigenvalue weighted by Crippen LogP contribution is -1.94. The molecule has 47 heavy (non-hydrogen) atoms. The van der Waals surface area contributed by atoms with E-state index >= 15 is 0 Å². The van der Waals surface area contributed by atoms with E-state index in [-0.39, 0.29) is 0 Å². The van der Waals surface area contributed by atoms with Gasteiger partial charge in [-0.15, -0.1) is 0 Å². The Morgan fingerprint density at radius 3 is 1.70 bits per heavy atom. The van der Waals surface area contributed by atoms with Crippen molar-refractivity contribution in [1.82, 2.24) is 9.13 Å². The van der Waals surface area contributed by atoms with Gasteiger partial charge in [0, 0.05) is 55.6 Å². The Morgan fingerprint density at radius 2 is 1.00 bits per heavy atom. The predicted octanol–water partition coefficient (Wildman–Crippen LogP) is 12.0. The van der Waals surface area contributed by atoms with Crippen LogP contribution in [-0.4, -0.2) is 9.13 Å². The summed E-state index contributed by atoms with van der Waals surface area (Å²) in [6.07, 6.45) is 2.18. The summed E-state index contributed by atoms with van der Waals surface area (Å²) in [5.74, 6) is 0. The van der Waals surface area contributed by atoms with Gasteiger partial charge in [-0.05, 0) is 59.7 Å². The Hall–Kier alpha value is -6.32. The second-order valence-electron chi connectivity index (χ2n) is 12.2. The molecule has 3 heterocycles. The standard InChI is InChI=1S/C44H28N2O/c1-4-12-29(13-5-1)33-18-10-20-36-37-21-11-19-34(44(37)47-43(33)36)30-22-24-41-39(28-30)35-23-25-40-38(26-27-45(40)31-14-6-2-7-15-31)42(35)46(41)32-16-8-3-9-17-32/h1-28H. The lowest BCUT2D eigenvalue weighted by atomic mass is 9.99. The van der Waals surface area contributed by atoms with E-state index in [1.807, 2.05) is 0 Å². The first-order chi connectivity index (χ1) is 23.3. The summed E-state index contributed by atoms with van der Waals surface area (Å²) in [4.78, 5) is 0. The molecule has 7 aromatic carbocycles. The first-order valence-electron chi connectivity index (χ1n) is 16.0. The molecule has 0 bridgehead atoms. The molecule has 0 saturated heterocycles. The van der Waals surface area contributed by atoms with Crippen LogP contribution in [0.25, 0.3) is 88.3 Å². The van der Waals surface area contributed by atoms with E-state index < -0.39 is 0 Å². The van der Waals surface area contributed by atoms with Gasteiger partial charge < -0.3 is 13.6 Å². The van der Waals surface area contributed by atoms with Crippen LogP contribution in [0.15, 0.2) is 174 Å². The van der Waals surface area contributed by atoms with Gasteiger partial charge in [0.15, 0.2) is 0 Å². The van der Waals surface area contributed by atoms with Crippen LogP contribution in [0.3, 0.4) is 0 Å². The Balaban J connectivity index is 1.23. The SMILES string of the molecule is c1ccc(-c2cccc3c2oc2c(-c4ccc5c(c4)c4ccc6c(ccn6-c6ccccc6)c4n5-c4ccccc4)cccc23)cc1. The van der Waals surface area contributed by atoms with E-state index in [1.165, 1.54) is 32.7 Å². The Labute approximate surface area is 271 Å². The van der Waals surface area contributed by atoms with E-state index in [4.69, 9.17) is 4.42 Å². The van der Waals surface area contributed by atoms with Crippen LogP contribution >= 0.6 is 0 Å². The van der Waals surface area contributed by atoms with Crippen LogP contribution in [0.1, 0.15) is 0 Å². The fourth-order valence-corrected chi connectivity index (χ4v) is 7.45. The number of fused-ring (bicyclic) bond motifs is 8. The van der Waals surface area contributed by atoms with Gasteiger partial charge in [-0.25, -0.2) is 0 Å². The third-order valence-corrected chi connectivity index (χ3v) is 9.56. The van der Waals surface area contributed by atoms with E-state index in [0.29, 0.717) is 0 Å². The largest absolute Gasteiger partial charge is 0.455 e. The van der Waals surface area contributed by atoms with Crippen molar-refractivity contribution < 1.29 is 4.42 Å². The number of hydrogen-bond acceptors (Lipinski definition) is 1. The molecule has 0 aliphatic rings. The quantitative estimate of drug-likeness (QED) is 0.197. The molecule has 3 nitrogen and oxygen atoms in total. The molecular weight excluding hydrogens is 572 g/mol. The molecule has 3 heteroatoms. The zero-order valence-corrected chi connectivity index (χ0v) is 25.5. The van der Waals surface area contributed by atoms with Crippen LogP contribution in [0.4, 0.5) is 0 Å². The third-order valence-electron chi connectivity index (χ3n) is 9.56. The first-order valence-corrected chi connectivity index (χ1v) is 16.0. The minimum atomic E-state index is 0.916. The average molecular weight is 601 g/mol. The number of nitrogens with zero attached hydrogens (tertiary/aromatic N) is 2. The summed E-state index contributed by atoms with van der Waals surface area (Å²) in [6, 6.07) is 58.4. The van der Waals surface area contributed by atoms with Crippen LogP contribution in [0.2, 0.25) is 0 Å². The summed E-state index contributed by atoms with van der Waals surface area (Å²) in [7, 11) is 0. The highest BCUT2D eigenvalue weighted by Crippen LogP contribution is 2.43. The molecule has 0 saturated carbocycles. The molecule has 0 amide bonds. The molecule has 0 N–H and O–H groups in total. The molecule has 0 unspecified atom stereocenters. The number of benzene rings is 7. The molecular formula is C44H28N2O. The second kappa shape index (κ2) is 10.1. The van der Waals surface area contributed by atoms with Gasteiger partial charge in [0.05, 0.1) is 16.6 Å². The van der Waals surface area contributed by atoms with Crippen molar-refractivity contribution in [2.75, 3.05) is 0 Å². The first kappa shape index (κ1) is 26.0. The summed E-state index contributed by atoms with van der Waals surface area (Å²) >= 11 is 0. The van der Waals surface area contributed by atoms with Crippen molar-refractivity contribution in [2.45, 2.75) is 0 Å². The molecule has 220 valence electrons. The van der Waals surface area contributed by atoms with Gasteiger partial charge in [-0.1, -0.05) is 115 Å². The molecule has 0 radical (unpaired) electrons. The number of aromatic nitrogens is 2. The normalized spacial score (nSPS) is 11.8.